The van der Waals surface area contributed by atoms with Crippen molar-refractivity contribution in [3.63, 3.8) is 0 Å². The first-order valence-corrected chi connectivity index (χ1v) is 7.50. The molecule has 2 rings (SSSR count). The summed E-state index contributed by atoms with van der Waals surface area (Å²) < 4.78 is 2.13. The van der Waals surface area contributed by atoms with Gasteiger partial charge in [-0.3, -0.25) is 0 Å². The summed E-state index contributed by atoms with van der Waals surface area (Å²) in [5.41, 5.74) is 4.15. The van der Waals surface area contributed by atoms with E-state index in [1.807, 2.05) is 19.9 Å². The van der Waals surface area contributed by atoms with Crippen molar-refractivity contribution in [2.45, 2.75) is 18.7 Å². The highest BCUT2D eigenvalue weighted by Crippen LogP contribution is 2.23. The van der Waals surface area contributed by atoms with Crippen LogP contribution in [0.25, 0.3) is 11.8 Å². The first-order chi connectivity index (χ1) is 9.52. The zero-order chi connectivity index (χ0) is 14.7. The Balaban J connectivity index is 2.43. The Morgan fingerprint density at radius 3 is 2.45 bits per heavy atom. The van der Waals surface area contributed by atoms with Crippen LogP contribution >= 0.6 is 11.8 Å². The molecule has 0 unspecified atom stereocenters. The maximum Gasteiger partial charge on any atom is 0.328 e. The third-order valence-electron chi connectivity index (χ3n) is 3.21. The fraction of sp³-hybridized carbons (Fsp3) is 0.188. The number of nitrogens with zero attached hydrogens (tertiary/aromatic N) is 1. The lowest BCUT2D eigenvalue weighted by Gasteiger charge is -2.10. The second kappa shape index (κ2) is 6.01. The normalized spacial score (nSPS) is 11.2. The molecule has 0 saturated carbocycles. The zero-order valence-electron chi connectivity index (χ0n) is 11.8. The van der Waals surface area contributed by atoms with E-state index in [2.05, 4.69) is 35.1 Å². The van der Waals surface area contributed by atoms with Gasteiger partial charge in [0.05, 0.1) is 0 Å². The largest absolute Gasteiger partial charge is 0.478 e. The summed E-state index contributed by atoms with van der Waals surface area (Å²) in [6, 6.07) is 10.3. The van der Waals surface area contributed by atoms with E-state index < -0.39 is 5.97 Å². The van der Waals surface area contributed by atoms with Crippen molar-refractivity contribution in [2.24, 2.45) is 0 Å². The van der Waals surface area contributed by atoms with Crippen LogP contribution in [-0.2, 0) is 4.79 Å². The number of benzene rings is 1. The number of carboxylic acid groups (broad SMARTS) is 1. The molecule has 1 N–H and O–H groups in total. The van der Waals surface area contributed by atoms with Crippen LogP contribution in [0.4, 0.5) is 0 Å². The predicted molar refractivity (Wildman–Crippen MR) is 83.7 cm³/mol. The lowest BCUT2D eigenvalue weighted by Crippen LogP contribution is -1.98. The van der Waals surface area contributed by atoms with Crippen molar-refractivity contribution < 1.29 is 9.90 Å². The lowest BCUT2D eigenvalue weighted by molar-refractivity contribution is -0.131. The number of carboxylic acids is 1. The molecule has 1 aromatic heterocycles. The molecule has 4 heteroatoms. The maximum absolute atomic E-state index is 10.6. The van der Waals surface area contributed by atoms with Crippen LogP contribution in [0.5, 0.6) is 0 Å². The highest BCUT2D eigenvalue weighted by Gasteiger charge is 2.09. The van der Waals surface area contributed by atoms with E-state index in [1.165, 1.54) is 11.0 Å². The summed E-state index contributed by atoms with van der Waals surface area (Å²) in [5, 5.41) is 8.72. The minimum Gasteiger partial charge on any atom is -0.478 e. The quantitative estimate of drug-likeness (QED) is 0.684. The highest BCUT2D eigenvalue weighted by atomic mass is 32.2. The van der Waals surface area contributed by atoms with Crippen molar-refractivity contribution in [2.75, 3.05) is 6.26 Å². The average Bonchev–Trinajstić information content (AvgIpc) is 2.71. The maximum atomic E-state index is 10.6. The Morgan fingerprint density at radius 2 is 1.90 bits per heavy atom. The number of thioether (sulfide) groups is 1. The van der Waals surface area contributed by atoms with Crippen molar-refractivity contribution in [3.8, 4) is 5.69 Å². The minimum atomic E-state index is -0.931. The van der Waals surface area contributed by atoms with Crippen LogP contribution in [0.1, 0.15) is 17.0 Å². The standard InChI is InChI=1S/C16H17NO2S/c1-11-10-13(4-9-16(18)19)12(2)17(11)14-5-7-15(20-3)8-6-14/h4-10H,1-3H3,(H,18,19)/b9-4+. The summed E-state index contributed by atoms with van der Waals surface area (Å²) in [6.45, 7) is 4.02. The molecule has 1 heterocycles. The van der Waals surface area contributed by atoms with Crippen molar-refractivity contribution in [1.82, 2.24) is 4.57 Å². The third-order valence-corrected chi connectivity index (χ3v) is 3.95. The first-order valence-electron chi connectivity index (χ1n) is 6.27. The lowest BCUT2D eigenvalue weighted by atomic mass is 10.2. The summed E-state index contributed by atoms with van der Waals surface area (Å²) in [6.07, 6.45) is 4.86. The van der Waals surface area contributed by atoms with Gasteiger partial charge < -0.3 is 9.67 Å². The van der Waals surface area contributed by atoms with Crippen LogP contribution in [0.15, 0.2) is 41.3 Å². The molecule has 3 nitrogen and oxygen atoms in total. The number of hydrogen-bond acceptors (Lipinski definition) is 2. The number of aliphatic carboxylic acids is 1. The van der Waals surface area contributed by atoms with Gasteiger partial charge in [0.15, 0.2) is 0 Å². The van der Waals surface area contributed by atoms with E-state index in [4.69, 9.17) is 5.11 Å². The van der Waals surface area contributed by atoms with Crippen molar-refractivity contribution in [1.29, 1.82) is 0 Å². The van der Waals surface area contributed by atoms with Crippen LogP contribution in [0, 0.1) is 13.8 Å². The third kappa shape index (κ3) is 2.96. The first kappa shape index (κ1) is 14.5. The van der Waals surface area contributed by atoms with Crippen molar-refractivity contribution >= 4 is 23.8 Å². The molecule has 0 saturated heterocycles. The van der Waals surface area contributed by atoms with Crippen LogP contribution in [0.2, 0.25) is 0 Å². The van der Waals surface area contributed by atoms with Gasteiger partial charge >= 0.3 is 5.97 Å². The molecule has 0 spiro atoms. The van der Waals surface area contributed by atoms with E-state index in [9.17, 15) is 4.79 Å². The monoisotopic (exact) mass is 287 g/mol. The van der Waals surface area contributed by atoms with Crippen LogP contribution in [-0.4, -0.2) is 21.9 Å². The number of hydrogen-bond donors (Lipinski definition) is 1. The Labute approximate surface area is 122 Å². The van der Waals surface area contributed by atoms with E-state index in [1.54, 1.807) is 17.8 Å². The molecule has 0 atom stereocenters. The van der Waals surface area contributed by atoms with Gasteiger partial charge in [-0.2, -0.15) is 0 Å². The second-order valence-corrected chi connectivity index (χ2v) is 5.41. The van der Waals surface area contributed by atoms with Gasteiger partial charge in [-0.15, -0.1) is 11.8 Å². The fourth-order valence-corrected chi connectivity index (χ4v) is 2.65. The predicted octanol–water partition coefficient (Wildman–Crippen LogP) is 3.91. The molecule has 0 aliphatic rings. The van der Waals surface area contributed by atoms with E-state index in [0.717, 1.165) is 22.6 Å². The molecule has 0 aliphatic heterocycles. The zero-order valence-corrected chi connectivity index (χ0v) is 12.6. The topological polar surface area (TPSA) is 42.2 Å². The SMILES string of the molecule is CSc1ccc(-n2c(C)cc(/C=C/C(=O)O)c2C)cc1. The van der Waals surface area contributed by atoms with Gasteiger partial charge in [-0.1, -0.05) is 0 Å². The Hall–Kier alpha value is -1.94. The molecular formula is C16H17NO2S. The summed E-state index contributed by atoms with van der Waals surface area (Å²) in [4.78, 5) is 11.8. The average molecular weight is 287 g/mol. The number of aromatic nitrogens is 1. The molecule has 0 bridgehead atoms. The van der Waals surface area contributed by atoms with Crippen LogP contribution in [0.3, 0.4) is 0 Å². The molecule has 104 valence electrons. The van der Waals surface area contributed by atoms with E-state index in [0.29, 0.717) is 0 Å². The van der Waals surface area contributed by atoms with Gasteiger partial charge in [0.2, 0.25) is 0 Å². The fourth-order valence-electron chi connectivity index (χ4n) is 2.25. The molecule has 1 aromatic carbocycles. The number of carbonyl (C=O) groups is 1. The molecule has 0 fully saturated rings. The van der Waals surface area contributed by atoms with Crippen molar-refractivity contribution in [3.05, 3.63) is 53.4 Å². The molecule has 0 amide bonds. The number of rotatable bonds is 4. The van der Waals surface area contributed by atoms with Gasteiger partial charge in [0.1, 0.15) is 0 Å². The van der Waals surface area contributed by atoms with Gasteiger partial charge in [-0.25, -0.2) is 4.79 Å². The molecule has 20 heavy (non-hydrogen) atoms. The molecular weight excluding hydrogens is 270 g/mol. The van der Waals surface area contributed by atoms with E-state index in [-0.39, 0.29) is 0 Å². The van der Waals surface area contributed by atoms with Gasteiger partial charge in [0.25, 0.3) is 0 Å². The summed E-state index contributed by atoms with van der Waals surface area (Å²) >= 11 is 1.71. The molecule has 0 aliphatic carbocycles. The minimum absolute atomic E-state index is 0.929. The summed E-state index contributed by atoms with van der Waals surface area (Å²) in [7, 11) is 0. The Bertz CT molecular complexity index is 654. The molecule has 2 aromatic rings. The molecule has 0 radical (unpaired) electrons. The van der Waals surface area contributed by atoms with E-state index >= 15 is 0 Å². The van der Waals surface area contributed by atoms with Crippen LogP contribution < -0.4 is 0 Å². The second-order valence-electron chi connectivity index (χ2n) is 4.53. The van der Waals surface area contributed by atoms with Gasteiger partial charge in [-0.05, 0) is 62.1 Å². The smallest absolute Gasteiger partial charge is 0.328 e. The van der Waals surface area contributed by atoms with Gasteiger partial charge in [0, 0.05) is 28.0 Å². The Morgan fingerprint density at radius 1 is 1.25 bits per heavy atom. The highest BCUT2D eigenvalue weighted by molar-refractivity contribution is 7.98. The summed E-state index contributed by atoms with van der Waals surface area (Å²) in [5.74, 6) is -0.931. The Kier molecular flexibility index (Phi) is 4.35. The number of aryl methyl sites for hydroxylation is 1.